The molecular weight excluding hydrogens is 265 g/mol. The normalized spacial score (nSPS) is 22.8. The molecule has 2 rings (SSSR count). The molecule has 0 spiro atoms. The average molecular weight is 281 g/mol. The lowest BCUT2D eigenvalue weighted by Gasteiger charge is -2.13. The third kappa shape index (κ3) is 3.05. The van der Waals surface area contributed by atoms with E-state index in [-0.39, 0.29) is 29.3 Å². The number of benzene rings is 1. The molecule has 2 atom stereocenters. The Morgan fingerprint density at radius 1 is 1.60 bits per heavy atom. The highest BCUT2D eigenvalue weighted by molar-refractivity contribution is 6.05. The monoisotopic (exact) mass is 281 g/mol. The van der Waals surface area contributed by atoms with E-state index in [1.165, 1.54) is 12.1 Å². The van der Waals surface area contributed by atoms with Crippen molar-refractivity contribution in [2.75, 3.05) is 11.9 Å². The first-order chi connectivity index (χ1) is 9.51. The number of halogens is 1. The minimum atomic E-state index is -0.539. The summed E-state index contributed by atoms with van der Waals surface area (Å²) in [5.74, 6) is -1.29. The van der Waals surface area contributed by atoms with Crippen LogP contribution in [0.2, 0.25) is 0 Å². The van der Waals surface area contributed by atoms with Crippen LogP contribution >= 0.6 is 0 Å². The quantitative estimate of drug-likeness (QED) is 0.336. The summed E-state index contributed by atoms with van der Waals surface area (Å²) in [6.07, 6.45) is 0.675. The summed E-state index contributed by atoms with van der Waals surface area (Å²) >= 11 is 0. The highest BCUT2D eigenvalue weighted by Gasteiger charge is 2.28. The van der Waals surface area contributed by atoms with Gasteiger partial charge in [0.15, 0.2) is 5.84 Å². The van der Waals surface area contributed by atoms with Crippen molar-refractivity contribution in [1.82, 2.24) is 0 Å². The summed E-state index contributed by atoms with van der Waals surface area (Å²) < 4.78 is 18.5. The van der Waals surface area contributed by atoms with Crippen LogP contribution in [0.3, 0.4) is 0 Å². The molecule has 1 aromatic carbocycles. The van der Waals surface area contributed by atoms with Crippen molar-refractivity contribution >= 4 is 17.4 Å². The van der Waals surface area contributed by atoms with E-state index in [0.29, 0.717) is 18.7 Å². The molecule has 2 unspecified atom stereocenters. The number of hydrogen-bond donors (Lipinski definition) is 3. The smallest absolute Gasteiger partial charge is 0.229 e. The number of nitrogens with two attached hydrogens (primary N) is 1. The molecule has 4 N–H and O–H groups in total. The van der Waals surface area contributed by atoms with Crippen molar-refractivity contribution in [3.63, 3.8) is 0 Å². The molecule has 1 heterocycles. The summed E-state index contributed by atoms with van der Waals surface area (Å²) in [5, 5.41) is 14.2. The Bertz CT molecular complexity index is 548. The molecule has 1 aromatic rings. The number of amidine groups is 1. The zero-order valence-corrected chi connectivity index (χ0v) is 11.0. The van der Waals surface area contributed by atoms with Gasteiger partial charge in [-0.2, -0.15) is 0 Å². The van der Waals surface area contributed by atoms with E-state index >= 15 is 0 Å². The lowest BCUT2D eigenvalue weighted by molar-refractivity contribution is -0.119. The van der Waals surface area contributed by atoms with Gasteiger partial charge in [-0.3, -0.25) is 4.79 Å². The van der Waals surface area contributed by atoms with Crippen molar-refractivity contribution in [3.8, 4) is 0 Å². The molecule has 20 heavy (non-hydrogen) atoms. The van der Waals surface area contributed by atoms with Crippen LogP contribution in [-0.2, 0) is 9.53 Å². The number of oxime groups is 1. The topological polar surface area (TPSA) is 96.9 Å². The highest BCUT2D eigenvalue weighted by Crippen LogP contribution is 2.23. The van der Waals surface area contributed by atoms with Gasteiger partial charge in [0.05, 0.1) is 24.3 Å². The van der Waals surface area contributed by atoms with E-state index < -0.39 is 5.82 Å². The molecule has 0 bridgehead atoms. The summed E-state index contributed by atoms with van der Waals surface area (Å²) in [6.45, 7) is 2.25. The Balaban J connectivity index is 2.18. The van der Waals surface area contributed by atoms with Crippen LogP contribution in [0.1, 0.15) is 18.9 Å². The van der Waals surface area contributed by atoms with Crippen LogP contribution in [0.4, 0.5) is 10.1 Å². The summed E-state index contributed by atoms with van der Waals surface area (Å²) in [4.78, 5) is 12.1. The minimum Gasteiger partial charge on any atom is -0.409 e. The standard InChI is InChI=1S/C13H16FN3O3/c1-7-4-8(6-20-7)13(18)16-11-3-2-9(14)5-10(11)12(15)17-19/h2-3,5,7-8,19H,4,6H2,1H3,(H2,15,17)(H,16,18). The van der Waals surface area contributed by atoms with E-state index in [4.69, 9.17) is 15.7 Å². The van der Waals surface area contributed by atoms with E-state index in [1.54, 1.807) is 0 Å². The van der Waals surface area contributed by atoms with Gasteiger partial charge in [-0.15, -0.1) is 0 Å². The lowest BCUT2D eigenvalue weighted by Crippen LogP contribution is -2.25. The van der Waals surface area contributed by atoms with Gasteiger partial charge >= 0.3 is 0 Å². The number of anilines is 1. The number of nitrogens with one attached hydrogen (secondary N) is 1. The number of hydrogen-bond acceptors (Lipinski definition) is 4. The Labute approximate surface area is 115 Å². The third-order valence-electron chi connectivity index (χ3n) is 3.19. The second-order valence-electron chi connectivity index (χ2n) is 4.74. The van der Waals surface area contributed by atoms with Crippen LogP contribution in [0.15, 0.2) is 23.4 Å². The second-order valence-corrected chi connectivity index (χ2v) is 4.74. The zero-order chi connectivity index (χ0) is 14.7. The van der Waals surface area contributed by atoms with E-state index in [2.05, 4.69) is 10.5 Å². The van der Waals surface area contributed by atoms with Gasteiger partial charge in [-0.05, 0) is 31.5 Å². The number of ether oxygens (including phenoxy) is 1. The van der Waals surface area contributed by atoms with Gasteiger partial charge in [0, 0.05) is 5.56 Å². The SMILES string of the molecule is CC1CC(C(=O)Nc2ccc(F)cc2/C(N)=N/O)CO1. The Morgan fingerprint density at radius 3 is 2.95 bits per heavy atom. The molecule has 1 fully saturated rings. The molecule has 6 nitrogen and oxygen atoms in total. The largest absolute Gasteiger partial charge is 0.409 e. The van der Waals surface area contributed by atoms with Crippen molar-refractivity contribution in [1.29, 1.82) is 0 Å². The number of carbonyl (C=O) groups excluding carboxylic acids is 1. The van der Waals surface area contributed by atoms with Crippen LogP contribution in [-0.4, -0.2) is 29.7 Å². The van der Waals surface area contributed by atoms with Crippen LogP contribution in [0.5, 0.6) is 0 Å². The van der Waals surface area contributed by atoms with Crippen molar-refractivity contribution in [2.24, 2.45) is 16.8 Å². The number of rotatable bonds is 3. The van der Waals surface area contributed by atoms with Gasteiger partial charge in [-0.25, -0.2) is 4.39 Å². The number of carbonyl (C=O) groups is 1. The molecule has 0 saturated carbocycles. The minimum absolute atomic E-state index is 0.0440. The molecule has 1 aliphatic rings. The Kier molecular flexibility index (Phi) is 4.19. The molecule has 0 aliphatic carbocycles. The van der Waals surface area contributed by atoms with Crippen molar-refractivity contribution in [2.45, 2.75) is 19.4 Å². The summed E-state index contributed by atoms with van der Waals surface area (Å²) in [6, 6.07) is 3.66. The first-order valence-corrected chi connectivity index (χ1v) is 6.21. The van der Waals surface area contributed by atoms with Crippen molar-refractivity contribution < 1.29 is 19.1 Å². The third-order valence-corrected chi connectivity index (χ3v) is 3.19. The molecule has 108 valence electrons. The van der Waals surface area contributed by atoms with Crippen LogP contribution in [0, 0.1) is 11.7 Å². The van der Waals surface area contributed by atoms with Gasteiger partial charge in [0.25, 0.3) is 0 Å². The van der Waals surface area contributed by atoms with Crippen LogP contribution < -0.4 is 11.1 Å². The van der Waals surface area contributed by atoms with Crippen LogP contribution in [0.25, 0.3) is 0 Å². The predicted octanol–water partition coefficient (Wildman–Crippen LogP) is 1.28. The molecule has 7 heteroatoms. The fourth-order valence-corrected chi connectivity index (χ4v) is 2.13. The van der Waals surface area contributed by atoms with E-state index in [9.17, 15) is 9.18 Å². The van der Waals surface area contributed by atoms with Crippen molar-refractivity contribution in [3.05, 3.63) is 29.6 Å². The van der Waals surface area contributed by atoms with Gasteiger partial charge in [0.2, 0.25) is 5.91 Å². The first-order valence-electron chi connectivity index (χ1n) is 6.21. The van der Waals surface area contributed by atoms with Gasteiger partial charge < -0.3 is 21.0 Å². The summed E-state index contributed by atoms with van der Waals surface area (Å²) in [7, 11) is 0. The maximum Gasteiger partial charge on any atom is 0.229 e. The molecule has 0 aromatic heterocycles. The fraction of sp³-hybridized carbons (Fsp3) is 0.385. The Morgan fingerprint density at radius 2 is 2.35 bits per heavy atom. The molecule has 1 amide bonds. The van der Waals surface area contributed by atoms with E-state index in [0.717, 1.165) is 6.07 Å². The first kappa shape index (κ1) is 14.3. The predicted molar refractivity (Wildman–Crippen MR) is 71.1 cm³/mol. The molecular formula is C13H16FN3O3. The number of amides is 1. The molecule has 1 aliphatic heterocycles. The molecule has 1 saturated heterocycles. The summed E-state index contributed by atoms with van der Waals surface area (Å²) in [5.41, 5.74) is 5.90. The zero-order valence-electron chi connectivity index (χ0n) is 11.0. The van der Waals surface area contributed by atoms with Gasteiger partial charge in [0.1, 0.15) is 5.82 Å². The fourth-order valence-electron chi connectivity index (χ4n) is 2.13. The number of nitrogens with zero attached hydrogens (tertiary/aromatic N) is 1. The van der Waals surface area contributed by atoms with Gasteiger partial charge in [-0.1, -0.05) is 5.16 Å². The average Bonchev–Trinajstić information content (AvgIpc) is 2.86. The Hall–Kier alpha value is -2.15. The highest BCUT2D eigenvalue weighted by atomic mass is 19.1. The maximum atomic E-state index is 13.2. The molecule has 0 radical (unpaired) electrons. The maximum absolute atomic E-state index is 13.2. The lowest BCUT2D eigenvalue weighted by atomic mass is 10.0. The van der Waals surface area contributed by atoms with E-state index in [1.807, 2.05) is 6.92 Å². The second kappa shape index (κ2) is 5.87.